The molecule has 0 saturated carbocycles. The first kappa shape index (κ1) is 10.6. The number of methoxy groups -OCH3 is 1. The van der Waals surface area contributed by atoms with Crippen molar-refractivity contribution in [2.45, 2.75) is 0 Å². The van der Waals surface area contributed by atoms with E-state index in [4.69, 9.17) is 16.3 Å². The predicted molar refractivity (Wildman–Crippen MR) is 60.4 cm³/mol. The lowest BCUT2D eigenvalue weighted by Gasteiger charge is -2.06. The topological polar surface area (TPSA) is 9.23 Å². The zero-order valence-corrected chi connectivity index (χ0v) is 9.65. The number of alkyl halides is 1. The van der Waals surface area contributed by atoms with Gasteiger partial charge in [-0.1, -0.05) is 22.5 Å². The molecule has 0 aliphatic rings. The van der Waals surface area contributed by atoms with Crippen LogP contribution >= 0.6 is 27.5 Å². The number of halogens is 2. The molecule has 0 bridgehead atoms. The largest absolute Gasteiger partial charge is 0.497 e. The molecule has 0 aliphatic carbocycles. The highest BCUT2D eigenvalue weighted by atomic mass is 79.9. The fourth-order valence-electron chi connectivity index (χ4n) is 0.982. The van der Waals surface area contributed by atoms with Gasteiger partial charge in [0.1, 0.15) is 5.75 Å². The number of rotatable bonds is 3. The summed E-state index contributed by atoms with van der Waals surface area (Å²) in [6.45, 7) is 3.86. The zero-order chi connectivity index (χ0) is 9.84. The Balaban J connectivity index is 3.05. The molecule has 0 aliphatic heterocycles. The van der Waals surface area contributed by atoms with Gasteiger partial charge in [-0.15, -0.1) is 11.6 Å². The maximum Gasteiger partial charge on any atom is 0.120 e. The van der Waals surface area contributed by atoms with Crippen LogP contribution in [0.15, 0.2) is 29.3 Å². The van der Waals surface area contributed by atoms with Crippen LogP contribution in [0.4, 0.5) is 0 Å². The molecule has 1 nitrogen and oxygen atoms in total. The summed E-state index contributed by atoms with van der Waals surface area (Å²) >= 11 is 9.11. The molecule has 0 radical (unpaired) electrons. The van der Waals surface area contributed by atoms with E-state index in [1.165, 1.54) is 0 Å². The van der Waals surface area contributed by atoms with Crippen molar-refractivity contribution in [1.82, 2.24) is 0 Å². The van der Waals surface area contributed by atoms with Crippen LogP contribution in [-0.2, 0) is 0 Å². The maximum absolute atomic E-state index is 5.68. The van der Waals surface area contributed by atoms with E-state index in [2.05, 4.69) is 22.5 Å². The third kappa shape index (κ3) is 2.48. The highest BCUT2D eigenvalue weighted by Gasteiger charge is 2.03. The average molecular weight is 262 g/mol. The monoisotopic (exact) mass is 260 g/mol. The van der Waals surface area contributed by atoms with Crippen LogP contribution in [-0.4, -0.2) is 13.0 Å². The summed E-state index contributed by atoms with van der Waals surface area (Å²) in [5.74, 6) is 1.25. The van der Waals surface area contributed by atoms with Crippen LogP contribution in [0.2, 0.25) is 0 Å². The molecule has 0 saturated heterocycles. The van der Waals surface area contributed by atoms with Crippen LogP contribution < -0.4 is 4.74 Å². The van der Waals surface area contributed by atoms with Gasteiger partial charge in [-0.25, -0.2) is 0 Å². The highest BCUT2D eigenvalue weighted by molar-refractivity contribution is 9.10. The Labute approximate surface area is 91.5 Å². The molecule has 0 heterocycles. The summed E-state index contributed by atoms with van der Waals surface area (Å²) in [4.78, 5) is 0. The van der Waals surface area contributed by atoms with E-state index in [1.54, 1.807) is 7.11 Å². The molecule has 0 N–H and O–H groups in total. The van der Waals surface area contributed by atoms with Crippen molar-refractivity contribution in [1.29, 1.82) is 0 Å². The molecule has 3 heteroatoms. The molecule has 70 valence electrons. The second kappa shape index (κ2) is 4.68. The van der Waals surface area contributed by atoms with Gasteiger partial charge >= 0.3 is 0 Å². The van der Waals surface area contributed by atoms with Gasteiger partial charge in [0.05, 0.1) is 7.11 Å². The Morgan fingerprint density at radius 3 is 2.77 bits per heavy atom. The molecule has 0 fully saturated rings. The van der Waals surface area contributed by atoms with Crippen LogP contribution in [0.5, 0.6) is 5.75 Å². The Morgan fingerprint density at radius 1 is 1.62 bits per heavy atom. The van der Waals surface area contributed by atoms with Crippen LogP contribution in [0.1, 0.15) is 5.56 Å². The minimum atomic E-state index is 0.435. The van der Waals surface area contributed by atoms with Crippen LogP contribution in [0.3, 0.4) is 0 Å². The van der Waals surface area contributed by atoms with E-state index < -0.39 is 0 Å². The molecule has 1 rings (SSSR count). The number of hydrogen-bond donors (Lipinski definition) is 0. The summed E-state index contributed by atoms with van der Waals surface area (Å²) in [6.07, 6.45) is 0. The molecular weight excluding hydrogens is 251 g/mol. The standard InChI is InChI=1S/C10H10BrClO/c1-7(6-12)9-4-3-8(13-2)5-10(9)11/h3-5H,1,6H2,2H3. The van der Waals surface area contributed by atoms with Gasteiger partial charge in [-0.2, -0.15) is 0 Å². The molecule has 0 amide bonds. The van der Waals surface area contributed by atoms with Crippen molar-refractivity contribution in [3.05, 3.63) is 34.8 Å². The molecule has 0 atom stereocenters. The minimum absolute atomic E-state index is 0.435. The van der Waals surface area contributed by atoms with Crippen LogP contribution in [0, 0.1) is 0 Å². The van der Waals surface area contributed by atoms with E-state index in [0.29, 0.717) is 5.88 Å². The van der Waals surface area contributed by atoms with Crippen molar-refractivity contribution in [3.63, 3.8) is 0 Å². The van der Waals surface area contributed by atoms with Gasteiger partial charge in [-0.3, -0.25) is 0 Å². The second-order valence-electron chi connectivity index (χ2n) is 2.58. The number of hydrogen-bond acceptors (Lipinski definition) is 1. The average Bonchev–Trinajstić information content (AvgIpc) is 2.16. The fraction of sp³-hybridized carbons (Fsp3) is 0.200. The van der Waals surface area contributed by atoms with E-state index in [-0.39, 0.29) is 0 Å². The summed E-state index contributed by atoms with van der Waals surface area (Å²) in [5, 5.41) is 0. The normalized spacial score (nSPS) is 9.77. The second-order valence-corrected chi connectivity index (χ2v) is 3.70. The van der Waals surface area contributed by atoms with Crippen LogP contribution in [0.25, 0.3) is 5.57 Å². The molecule has 13 heavy (non-hydrogen) atoms. The lowest BCUT2D eigenvalue weighted by atomic mass is 10.1. The zero-order valence-electron chi connectivity index (χ0n) is 7.31. The Hall–Kier alpha value is -0.470. The Bertz CT molecular complexity index is 323. The van der Waals surface area contributed by atoms with E-state index in [9.17, 15) is 0 Å². The summed E-state index contributed by atoms with van der Waals surface area (Å²) in [7, 11) is 1.64. The summed E-state index contributed by atoms with van der Waals surface area (Å²) in [6, 6.07) is 5.72. The highest BCUT2D eigenvalue weighted by Crippen LogP contribution is 2.27. The first-order chi connectivity index (χ1) is 6.19. The Kier molecular flexibility index (Phi) is 3.82. The lowest BCUT2D eigenvalue weighted by Crippen LogP contribution is -1.88. The Morgan fingerprint density at radius 2 is 2.31 bits per heavy atom. The smallest absolute Gasteiger partial charge is 0.120 e. The van der Waals surface area contributed by atoms with Crippen molar-refractivity contribution in [3.8, 4) is 5.75 Å². The lowest BCUT2D eigenvalue weighted by molar-refractivity contribution is 0.414. The van der Waals surface area contributed by atoms with E-state index in [1.807, 2.05) is 18.2 Å². The van der Waals surface area contributed by atoms with Gasteiger partial charge in [0.2, 0.25) is 0 Å². The van der Waals surface area contributed by atoms with E-state index >= 15 is 0 Å². The molecule has 1 aromatic carbocycles. The van der Waals surface area contributed by atoms with Gasteiger partial charge in [0.15, 0.2) is 0 Å². The SMILES string of the molecule is C=C(CCl)c1ccc(OC)cc1Br. The molecule has 0 unspecified atom stereocenters. The summed E-state index contributed by atoms with van der Waals surface area (Å²) < 4.78 is 6.03. The number of ether oxygens (including phenoxy) is 1. The minimum Gasteiger partial charge on any atom is -0.497 e. The molecule has 0 spiro atoms. The first-order valence-corrected chi connectivity index (χ1v) is 5.09. The third-order valence-corrected chi connectivity index (χ3v) is 2.70. The number of benzene rings is 1. The third-order valence-electron chi connectivity index (χ3n) is 1.72. The van der Waals surface area contributed by atoms with Crippen molar-refractivity contribution < 1.29 is 4.74 Å². The quantitative estimate of drug-likeness (QED) is 0.754. The van der Waals surface area contributed by atoms with Crippen molar-refractivity contribution in [2.24, 2.45) is 0 Å². The van der Waals surface area contributed by atoms with Gasteiger partial charge in [0, 0.05) is 10.4 Å². The molecule has 1 aromatic rings. The molecule has 0 aromatic heterocycles. The fourth-order valence-corrected chi connectivity index (χ4v) is 1.76. The van der Waals surface area contributed by atoms with Gasteiger partial charge in [-0.05, 0) is 29.3 Å². The first-order valence-electron chi connectivity index (χ1n) is 3.76. The van der Waals surface area contributed by atoms with Crippen molar-refractivity contribution in [2.75, 3.05) is 13.0 Å². The van der Waals surface area contributed by atoms with Crippen molar-refractivity contribution >= 4 is 33.1 Å². The summed E-state index contributed by atoms with van der Waals surface area (Å²) in [5.41, 5.74) is 1.92. The van der Waals surface area contributed by atoms with Gasteiger partial charge in [0.25, 0.3) is 0 Å². The number of allylic oxidation sites excluding steroid dienone is 1. The molecular formula is C10H10BrClO. The van der Waals surface area contributed by atoms with Gasteiger partial charge < -0.3 is 4.74 Å². The predicted octanol–water partition coefficient (Wildman–Crippen LogP) is 3.71. The van der Waals surface area contributed by atoms with E-state index in [0.717, 1.165) is 21.4 Å². The maximum atomic E-state index is 5.68.